The zero-order valence-corrected chi connectivity index (χ0v) is 11.0. The van der Waals surface area contributed by atoms with Crippen molar-refractivity contribution < 1.29 is 47.7 Å². The quantitative estimate of drug-likeness (QED) is 0.604. The third-order valence-corrected chi connectivity index (χ3v) is 1.68. The molecular formula is C10H11NO3Y-2. The van der Waals surface area contributed by atoms with Crippen LogP contribution in [-0.2, 0) is 37.5 Å². The number of para-hydroxylation sites is 1. The summed E-state index contributed by atoms with van der Waals surface area (Å²) in [5.74, 6) is -0.589. The number of nitrogens with zero attached hydrogens (tertiary/aromatic N) is 1. The summed E-state index contributed by atoms with van der Waals surface area (Å²) in [6.45, 7) is 2.64. The van der Waals surface area contributed by atoms with Gasteiger partial charge in [-0.3, -0.25) is 0 Å². The minimum atomic E-state index is -1.28. The third kappa shape index (κ3) is 3.91. The van der Waals surface area contributed by atoms with Gasteiger partial charge in [-0.25, -0.2) is 0 Å². The number of aliphatic hydroxyl groups is 2. The Balaban J connectivity index is 0.00000196. The zero-order valence-electron chi connectivity index (χ0n) is 8.13. The smallest absolute Gasteiger partial charge is 0.152 e. The summed E-state index contributed by atoms with van der Waals surface area (Å²) in [6, 6.07) is 9.40. The first kappa shape index (κ1) is 14.6. The van der Waals surface area contributed by atoms with Gasteiger partial charge in [-0.1, -0.05) is 5.69 Å². The van der Waals surface area contributed by atoms with Gasteiger partial charge >= 0.3 is 0 Å². The van der Waals surface area contributed by atoms with Crippen LogP contribution in [0.1, 0.15) is 0 Å². The molecule has 0 spiro atoms. The van der Waals surface area contributed by atoms with Crippen LogP contribution in [-0.4, -0.2) is 29.0 Å². The van der Waals surface area contributed by atoms with Gasteiger partial charge in [0.05, 0.1) is 12.5 Å². The second kappa shape index (κ2) is 6.96. The molecule has 2 N–H and O–H groups in total. The Labute approximate surface area is 114 Å². The predicted octanol–water partition coefficient (Wildman–Crippen LogP) is -0.0379. The summed E-state index contributed by atoms with van der Waals surface area (Å²) >= 11 is 0. The van der Waals surface area contributed by atoms with Crippen LogP contribution >= 0.6 is 0 Å². The van der Waals surface area contributed by atoms with Crippen molar-refractivity contribution in [2.45, 2.75) is 6.23 Å². The van der Waals surface area contributed by atoms with Crippen LogP contribution in [0.15, 0.2) is 24.3 Å². The first-order valence-corrected chi connectivity index (χ1v) is 4.07. The topological polar surface area (TPSA) is 60.8 Å². The molecule has 0 saturated carbocycles. The molecule has 15 heavy (non-hydrogen) atoms. The second-order valence-electron chi connectivity index (χ2n) is 2.67. The monoisotopic (exact) mass is 282 g/mol. The predicted molar refractivity (Wildman–Crippen MR) is 51.2 cm³/mol. The standard InChI is InChI=1S/C10H11NO3.Y/c1-8(13)11(10(14)7-12)9-5-3-2-4-6-9;/h2-5,10,12,14H,1,7H2;/q-2;. The van der Waals surface area contributed by atoms with Crippen molar-refractivity contribution in [2.75, 3.05) is 11.5 Å². The minimum Gasteiger partial charge on any atom is -0.392 e. The van der Waals surface area contributed by atoms with E-state index in [0.717, 1.165) is 4.90 Å². The molecule has 0 fully saturated rings. The van der Waals surface area contributed by atoms with E-state index in [-0.39, 0.29) is 32.7 Å². The molecule has 1 amide bonds. The Kier molecular flexibility index (Phi) is 6.76. The molecular weight excluding hydrogens is 271 g/mol. The maximum Gasteiger partial charge on any atom is 0.152 e. The second-order valence-corrected chi connectivity index (χ2v) is 2.67. The first-order chi connectivity index (χ1) is 6.66. The molecule has 0 saturated heterocycles. The van der Waals surface area contributed by atoms with E-state index >= 15 is 0 Å². The Bertz CT molecular complexity index is 305. The number of aliphatic hydroxyl groups excluding tert-OH is 2. The number of carbonyl (C=O) groups excluding carboxylic acids is 1. The fourth-order valence-corrected chi connectivity index (χ4v) is 1.08. The molecule has 0 aliphatic carbocycles. The van der Waals surface area contributed by atoms with Gasteiger partial charge in [-0.15, -0.1) is 6.07 Å². The van der Waals surface area contributed by atoms with Crippen LogP contribution in [0.5, 0.6) is 0 Å². The fourth-order valence-electron chi connectivity index (χ4n) is 1.08. The van der Waals surface area contributed by atoms with Crippen molar-refractivity contribution in [1.82, 2.24) is 0 Å². The summed E-state index contributed by atoms with van der Waals surface area (Å²) in [4.78, 5) is 12.0. The Morgan fingerprint density at radius 1 is 1.60 bits per heavy atom. The van der Waals surface area contributed by atoms with E-state index < -0.39 is 18.7 Å². The maximum atomic E-state index is 11.1. The van der Waals surface area contributed by atoms with Gasteiger partial charge in [0, 0.05) is 32.7 Å². The van der Waals surface area contributed by atoms with Crippen molar-refractivity contribution in [2.24, 2.45) is 0 Å². The molecule has 79 valence electrons. The molecule has 1 aromatic rings. The van der Waals surface area contributed by atoms with Crippen molar-refractivity contribution in [3.8, 4) is 0 Å². The molecule has 0 bridgehead atoms. The van der Waals surface area contributed by atoms with Crippen LogP contribution in [0.25, 0.3) is 0 Å². The summed E-state index contributed by atoms with van der Waals surface area (Å²) in [5, 5.41) is 18.1. The van der Waals surface area contributed by atoms with Gasteiger partial charge in [-0.05, 0) is 0 Å². The number of amides is 1. The van der Waals surface area contributed by atoms with E-state index in [1.54, 1.807) is 24.3 Å². The zero-order chi connectivity index (χ0) is 10.6. The third-order valence-electron chi connectivity index (χ3n) is 1.68. The average Bonchev–Trinajstić information content (AvgIpc) is 2.19. The van der Waals surface area contributed by atoms with Gasteiger partial charge in [0.15, 0.2) is 6.23 Å². The molecule has 0 aliphatic rings. The molecule has 1 atom stereocenters. The van der Waals surface area contributed by atoms with E-state index in [9.17, 15) is 9.90 Å². The van der Waals surface area contributed by atoms with E-state index in [0.29, 0.717) is 5.69 Å². The largest absolute Gasteiger partial charge is 0.392 e. The first-order valence-electron chi connectivity index (χ1n) is 4.07. The van der Waals surface area contributed by atoms with Gasteiger partial charge in [0.1, 0.15) is 0 Å². The summed E-state index contributed by atoms with van der Waals surface area (Å²) in [7, 11) is 0. The van der Waals surface area contributed by atoms with E-state index in [4.69, 9.17) is 5.11 Å². The maximum absolute atomic E-state index is 11.1. The molecule has 0 aromatic heterocycles. The number of anilines is 1. The van der Waals surface area contributed by atoms with Gasteiger partial charge in [-0.2, -0.15) is 24.3 Å². The van der Waals surface area contributed by atoms with Crippen molar-refractivity contribution >= 4 is 11.6 Å². The molecule has 1 aromatic carbocycles. The average molecular weight is 282 g/mol. The number of benzene rings is 1. The van der Waals surface area contributed by atoms with Crippen LogP contribution in [0.3, 0.4) is 0 Å². The molecule has 4 nitrogen and oxygen atoms in total. The van der Waals surface area contributed by atoms with Crippen molar-refractivity contribution in [3.05, 3.63) is 37.3 Å². The van der Waals surface area contributed by atoms with Gasteiger partial charge < -0.3 is 26.8 Å². The van der Waals surface area contributed by atoms with E-state index in [2.05, 4.69) is 13.0 Å². The Morgan fingerprint density at radius 2 is 2.27 bits per heavy atom. The molecule has 0 heterocycles. The molecule has 1 radical (unpaired) electrons. The summed E-state index contributed by atoms with van der Waals surface area (Å²) < 4.78 is 0. The van der Waals surface area contributed by atoms with Crippen molar-refractivity contribution in [1.29, 1.82) is 0 Å². The van der Waals surface area contributed by atoms with Gasteiger partial charge in [0.2, 0.25) is 0 Å². The normalized spacial score (nSPS) is 11.3. The van der Waals surface area contributed by atoms with Crippen LogP contribution < -0.4 is 4.90 Å². The van der Waals surface area contributed by atoms with Crippen LogP contribution in [0.4, 0.5) is 5.69 Å². The van der Waals surface area contributed by atoms with E-state index in [1.165, 1.54) is 0 Å². The van der Waals surface area contributed by atoms with Crippen molar-refractivity contribution in [3.63, 3.8) is 0 Å². The number of hydrogen-bond donors (Lipinski definition) is 2. The summed E-state index contributed by atoms with van der Waals surface area (Å²) in [5.41, 5.74) is 0.383. The molecule has 1 rings (SSSR count). The number of hydrogen-bond acceptors (Lipinski definition) is 3. The molecule has 1 unspecified atom stereocenters. The molecule has 0 aliphatic heterocycles. The van der Waals surface area contributed by atoms with E-state index in [1.807, 2.05) is 0 Å². The number of carbonyl (C=O) groups is 1. The summed E-state index contributed by atoms with van der Waals surface area (Å²) in [6.07, 6.45) is -1.28. The van der Waals surface area contributed by atoms with Crippen LogP contribution in [0, 0.1) is 13.0 Å². The SMILES string of the molecule is [CH2-]C(=O)N(c1[c-]cccc1)C(O)CO.[Y]. The van der Waals surface area contributed by atoms with Crippen LogP contribution in [0.2, 0.25) is 0 Å². The minimum absolute atomic E-state index is 0. The fraction of sp³-hybridized carbons (Fsp3) is 0.200. The number of rotatable bonds is 3. The van der Waals surface area contributed by atoms with Gasteiger partial charge in [0.25, 0.3) is 0 Å². The Morgan fingerprint density at radius 3 is 2.67 bits per heavy atom. The molecule has 5 heteroatoms. The Hall–Kier alpha value is -0.416.